The first kappa shape index (κ1) is 23.8. The number of fused-ring (bicyclic) bond motifs is 3. The normalized spacial score (nSPS) is 19.1. The summed E-state index contributed by atoms with van der Waals surface area (Å²) in [7, 11) is 0. The largest absolute Gasteiger partial charge is 0.486 e. The Morgan fingerprint density at radius 1 is 1.11 bits per heavy atom. The monoisotopic (exact) mass is 518 g/mol. The van der Waals surface area contributed by atoms with E-state index >= 15 is 0 Å². The molecular formula is C28H30N4O4S. The summed E-state index contributed by atoms with van der Waals surface area (Å²) in [5.41, 5.74) is 3.78. The molecule has 0 aliphatic carbocycles. The van der Waals surface area contributed by atoms with Crippen molar-refractivity contribution in [1.29, 1.82) is 0 Å². The fraction of sp³-hybridized carbons (Fsp3) is 0.393. The number of rotatable bonds is 5. The quantitative estimate of drug-likeness (QED) is 0.319. The van der Waals surface area contributed by atoms with Gasteiger partial charge in [0.05, 0.1) is 17.6 Å². The van der Waals surface area contributed by atoms with E-state index in [0.717, 1.165) is 28.2 Å². The average Bonchev–Trinajstić information content (AvgIpc) is 3.49. The van der Waals surface area contributed by atoms with Crippen LogP contribution in [0.3, 0.4) is 0 Å². The lowest BCUT2D eigenvalue weighted by Gasteiger charge is -2.55. The summed E-state index contributed by atoms with van der Waals surface area (Å²) in [5, 5.41) is 2.92. The van der Waals surface area contributed by atoms with Gasteiger partial charge in [-0.15, -0.1) is 11.3 Å². The highest BCUT2D eigenvalue weighted by Gasteiger charge is 2.49. The number of carbonyl (C=O) groups is 1. The number of amides is 1. The molecule has 0 radical (unpaired) electrons. The summed E-state index contributed by atoms with van der Waals surface area (Å²) in [6.45, 7) is 9.39. The molecule has 8 nitrogen and oxygen atoms in total. The number of piperazine rings is 1. The SMILES string of the molecule is Cc1csc(-c2ccc(OCc3ccccc3)c3nc(N4CC5CC(C4)N5C(=O)OC(C)(C)C)oc23)n1. The van der Waals surface area contributed by atoms with Crippen LogP contribution in [0.2, 0.25) is 0 Å². The number of piperidine rings is 1. The Labute approximate surface area is 219 Å². The molecule has 3 aliphatic heterocycles. The summed E-state index contributed by atoms with van der Waals surface area (Å²) in [6.07, 6.45) is 0.717. The minimum atomic E-state index is -0.512. The maximum Gasteiger partial charge on any atom is 0.410 e. The Morgan fingerprint density at radius 2 is 1.86 bits per heavy atom. The molecule has 1 amide bonds. The third-order valence-electron chi connectivity index (χ3n) is 6.65. The molecule has 2 unspecified atom stereocenters. The number of benzene rings is 2. The molecule has 0 saturated carbocycles. The molecule has 192 valence electrons. The number of thiazole rings is 1. The van der Waals surface area contributed by atoms with E-state index in [-0.39, 0.29) is 18.2 Å². The minimum absolute atomic E-state index is 0.0819. The molecule has 0 N–H and O–H groups in total. The molecule has 2 aromatic carbocycles. The van der Waals surface area contributed by atoms with Gasteiger partial charge in [-0.2, -0.15) is 4.98 Å². The number of hydrogen-bond donors (Lipinski definition) is 0. The second-order valence-electron chi connectivity index (χ2n) is 10.7. The van der Waals surface area contributed by atoms with Crippen LogP contribution in [0.15, 0.2) is 52.3 Å². The van der Waals surface area contributed by atoms with Crippen LogP contribution in [-0.2, 0) is 11.3 Å². The van der Waals surface area contributed by atoms with Gasteiger partial charge >= 0.3 is 6.09 Å². The van der Waals surface area contributed by atoms with E-state index in [1.165, 1.54) is 0 Å². The van der Waals surface area contributed by atoms with Gasteiger partial charge < -0.3 is 18.8 Å². The van der Waals surface area contributed by atoms with Crippen molar-refractivity contribution in [3.05, 3.63) is 59.1 Å². The highest BCUT2D eigenvalue weighted by molar-refractivity contribution is 7.13. The second-order valence-corrected chi connectivity index (χ2v) is 11.5. The zero-order chi connectivity index (χ0) is 25.7. The van der Waals surface area contributed by atoms with E-state index in [1.807, 2.05) is 80.4 Å². The Bertz CT molecular complexity index is 1430. The maximum absolute atomic E-state index is 12.7. The van der Waals surface area contributed by atoms with Crippen molar-refractivity contribution in [2.24, 2.45) is 0 Å². The highest BCUT2D eigenvalue weighted by atomic mass is 32.1. The van der Waals surface area contributed by atoms with Crippen LogP contribution in [0.25, 0.3) is 21.7 Å². The average molecular weight is 519 g/mol. The van der Waals surface area contributed by atoms with E-state index in [0.29, 0.717) is 42.6 Å². The Morgan fingerprint density at radius 3 is 2.54 bits per heavy atom. The Hall–Kier alpha value is -3.59. The van der Waals surface area contributed by atoms with Gasteiger partial charge in [0.2, 0.25) is 0 Å². The number of nitrogens with zero attached hydrogens (tertiary/aromatic N) is 4. The molecule has 2 aromatic heterocycles. The first-order valence-electron chi connectivity index (χ1n) is 12.5. The molecular weight excluding hydrogens is 488 g/mol. The van der Waals surface area contributed by atoms with Crippen molar-refractivity contribution < 1.29 is 18.7 Å². The number of ether oxygens (including phenoxy) is 2. The predicted octanol–water partition coefficient (Wildman–Crippen LogP) is 6.04. The number of hydrogen-bond acceptors (Lipinski definition) is 8. The molecule has 4 aromatic rings. The molecule has 3 saturated heterocycles. The Balaban J connectivity index is 1.29. The summed E-state index contributed by atoms with van der Waals surface area (Å²) in [4.78, 5) is 26.3. The van der Waals surface area contributed by atoms with Gasteiger partial charge in [-0.05, 0) is 51.8 Å². The smallest absolute Gasteiger partial charge is 0.410 e. The van der Waals surface area contributed by atoms with Gasteiger partial charge in [0, 0.05) is 24.2 Å². The summed E-state index contributed by atoms with van der Waals surface area (Å²) >= 11 is 1.58. The number of carbonyl (C=O) groups excluding carboxylic acids is 1. The van der Waals surface area contributed by atoms with Gasteiger partial charge in [-0.1, -0.05) is 30.3 Å². The van der Waals surface area contributed by atoms with Gasteiger partial charge in [-0.25, -0.2) is 9.78 Å². The van der Waals surface area contributed by atoms with E-state index in [9.17, 15) is 4.79 Å². The van der Waals surface area contributed by atoms with E-state index in [1.54, 1.807) is 11.3 Å². The molecule has 3 fully saturated rings. The molecule has 0 spiro atoms. The summed E-state index contributed by atoms with van der Waals surface area (Å²) in [6, 6.07) is 14.7. The minimum Gasteiger partial charge on any atom is -0.486 e. The van der Waals surface area contributed by atoms with Gasteiger partial charge in [0.25, 0.3) is 6.01 Å². The zero-order valence-electron chi connectivity index (χ0n) is 21.4. The Kier molecular flexibility index (Phi) is 5.82. The molecule has 7 rings (SSSR count). The van der Waals surface area contributed by atoms with Crippen molar-refractivity contribution in [2.75, 3.05) is 18.0 Å². The van der Waals surface area contributed by atoms with Crippen molar-refractivity contribution in [3.63, 3.8) is 0 Å². The van der Waals surface area contributed by atoms with Crippen molar-refractivity contribution >= 4 is 34.5 Å². The van der Waals surface area contributed by atoms with Crippen molar-refractivity contribution in [2.45, 2.75) is 58.4 Å². The lowest BCUT2D eigenvalue weighted by Crippen LogP contribution is -2.70. The molecule has 5 heterocycles. The van der Waals surface area contributed by atoms with Crippen LogP contribution in [0, 0.1) is 6.92 Å². The first-order valence-corrected chi connectivity index (χ1v) is 13.4. The van der Waals surface area contributed by atoms with Crippen LogP contribution in [-0.4, -0.2) is 51.7 Å². The second kappa shape index (κ2) is 9.06. The molecule has 9 heteroatoms. The van der Waals surface area contributed by atoms with E-state index < -0.39 is 5.60 Å². The lowest BCUT2D eigenvalue weighted by atomic mass is 9.88. The van der Waals surface area contributed by atoms with E-state index in [2.05, 4.69) is 9.88 Å². The number of aromatic nitrogens is 2. The van der Waals surface area contributed by atoms with Crippen LogP contribution in [0.5, 0.6) is 5.75 Å². The third kappa shape index (κ3) is 4.64. The fourth-order valence-electron chi connectivity index (χ4n) is 4.98. The zero-order valence-corrected chi connectivity index (χ0v) is 22.2. The first-order chi connectivity index (χ1) is 17.7. The van der Waals surface area contributed by atoms with Gasteiger partial charge in [0.1, 0.15) is 23.0 Å². The summed E-state index contributed by atoms with van der Waals surface area (Å²) in [5.74, 6) is 0.670. The third-order valence-corrected chi connectivity index (χ3v) is 7.64. The van der Waals surface area contributed by atoms with Crippen LogP contribution < -0.4 is 9.64 Å². The number of anilines is 1. The van der Waals surface area contributed by atoms with Crippen LogP contribution in [0.4, 0.5) is 10.8 Å². The van der Waals surface area contributed by atoms with Crippen LogP contribution >= 0.6 is 11.3 Å². The molecule has 2 bridgehead atoms. The van der Waals surface area contributed by atoms with E-state index in [4.69, 9.17) is 18.9 Å². The predicted molar refractivity (Wildman–Crippen MR) is 143 cm³/mol. The van der Waals surface area contributed by atoms with Gasteiger partial charge in [-0.3, -0.25) is 4.90 Å². The fourth-order valence-corrected chi connectivity index (χ4v) is 5.80. The molecule has 2 atom stereocenters. The molecule has 37 heavy (non-hydrogen) atoms. The van der Waals surface area contributed by atoms with Gasteiger partial charge in [0.15, 0.2) is 11.1 Å². The van der Waals surface area contributed by atoms with Crippen LogP contribution in [0.1, 0.15) is 38.4 Å². The van der Waals surface area contributed by atoms with Crippen molar-refractivity contribution in [3.8, 4) is 16.3 Å². The number of aryl methyl sites for hydroxylation is 1. The maximum atomic E-state index is 12.7. The molecule has 3 aliphatic rings. The summed E-state index contributed by atoms with van der Waals surface area (Å²) < 4.78 is 18.2. The standard InChI is InChI=1S/C28H30N4O4S/c1-17-16-37-25(29-17)21-10-11-22(34-15-18-8-6-5-7-9-18)23-24(21)35-26(30-23)31-13-19-12-20(14-31)32(19)27(33)36-28(2,3)4/h5-11,16,19-20H,12-15H2,1-4H3. The number of oxazole rings is 1. The lowest BCUT2D eigenvalue weighted by molar-refractivity contribution is -0.0386. The van der Waals surface area contributed by atoms with Crippen molar-refractivity contribution in [1.82, 2.24) is 14.9 Å². The highest BCUT2D eigenvalue weighted by Crippen LogP contribution is 2.41. The topological polar surface area (TPSA) is 80.9 Å².